The van der Waals surface area contributed by atoms with Crippen LogP contribution in [0.3, 0.4) is 0 Å². The molecule has 0 radical (unpaired) electrons. The van der Waals surface area contributed by atoms with E-state index in [0.29, 0.717) is 11.1 Å². The number of nitrogens with two attached hydrogens (primary N) is 1. The standard InChI is InChI=1S/C7H5N3O3/c8-4-2-13-6-3(4)1-9-5(10-6)7(11)12/h1-2H,8H2,(H,11,12). The van der Waals surface area contributed by atoms with Crippen molar-refractivity contribution in [3.63, 3.8) is 0 Å². The molecule has 0 fully saturated rings. The molecule has 0 aliphatic carbocycles. The summed E-state index contributed by atoms with van der Waals surface area (Å²) in [6.45, 7) is 0. The van der Waals surface area contributed by atoms with Crippen LogP contribution in [0.5, 0.6) is 0 Å². The highest BCUT2D eigenvalue weighted by atomic mass is 16.4. The fourth-order valence-corrected chi connectivity index (χ4v) is 0.940. The lowest BCUT2D eigenvalue weighted by atomic mass is 10.4. The van der Waals surface area contributed by atoms with E-state index in [1.54, 1.807) is 0 Å². The zero-order valence-electron chi connectivity index (χ0n) is 6.39. The van der Waals surface area contributed by atoms with E-state index in [1.165, 1.54) is 12.5 Å². The Morgan fingerprint density at radius 2 is 2.38 bits per heavy atom. The molecule has 0 spiro atoms. The van der Waals surface area contributed by atoms with E-state index in [2.05, 4.69) is 9.97 Å². The summed E-state index contributed by atoms with van der Waals surface area (Å²) >= 11 is 0. The average Bonchev–Trinajstić information content (AvgIpc) is 2.47. The fraction of sp³-hybridized carbons (Fsp3) is 0. The van der Waals surface area contributed by atoms with Crippen molar-refractivity contribution in [1.29, 1.82) is 0 Å². The molecule has 0 saturated carbocycles. The van der Waals surface area contributed by atoms with Gasteiger partial charge in [-0.25, -0.2) is 9.78 Å². The van der Waals surface area contributed by atoms with Crippen molar-refractivity contribution in [3.05, 3.63) is 18.3 Å². The van der Waals surface area contributed by atoms with E-state index < -0.39 is 5.97 Å². The number of anilines is 1. The van der Waals surface area contributed by atoms with Crippen molar-refractivity contribution in [2.45, 2.75) is 0 Å². The molecule has 0 bridgehead atoms. The molecule has 66 valence electrons. The van der Waals surface area contributed by atoms with Gasteiger partial charge in [0, 0.05) is 6.20 Å². The van der Waals surface area contributed by atoms with Crippen molar-refractivity contribution in [2.75, 3.05) is 5.73 Å². The zero-order valence-corrected chi connectivity index (χ0v) is 6.39. The van der Waals surface area contributed by atoms with Crippen LogP contribution in [0.25, 0.3) is 11.1 Å². The number of aromatic nitrogens is 2. The van der Waals surface area contributed by atoms with Gasteiger partial charge < -0.3 is 15.3 Å². The number of carboxylic acids is 1. The SMILES string of the molecule is Nc1coc2nc(C(=O)O)ncc12. The van der Waals surface area contributed by atoms with E-state index in [1.807, 2.05) is 0 Å². The monoisotopic (exact) mass is 179 g/mol. The molecule has 0 amide bonds. The summed E-state index contributed by atoms with van der Waals surface area (Å²) in [7, 11) is 0. The van der Waals surface area contributed by atoms with Gasteiger partial charge in [-0.15, -0.1) is 0 Å². The molecule has 2 rings (SSSR count). The highest BCUT2D eigenvalue weighted by Gasteiger charge is 2.10. The predicted molar refractivity (Wildman–Crippen MR) is 43.2 cm³/mol. The maximum absolute atomic E-state index is 10.5. The summed E-state index contributed by atoms with van der Waals surface area (Å²) in [6.07, 6.45) is 2.62. The number of aromatic carboxylic acids is 1. The van der Waals surface area contributed by atoms with Gasteiger partial charge in [0.15, 0.2) is 0 Å². The number of hydrogen-bond acceptors (Lipinski definition) is 5. The number of fused-ring (bicyclic) bond motifs is 1. The third-order valence-corrected chi connectivity index (χ3v) is 1.55. The molecule has 2 aromatic heterocycles. The Bertz CT molecular complexity index is 477. The number of carbonyl (C=O) groups is 1. The first-order valence-corrected chi connectivity index (χ1v) is 3.41. The van der Waals surface area contributed by atoms with Crippen LogP contribution < -0.4 is 5.73 Å². The van der Waals surface area contributed by atoms with Gasteiger partial charge in [0.2, 0.25) is 11.5 Å². The Labute approximate surface area is 72.0 Å². The molecule has 0 saturated heterocycles. The van der Waals surface area contributed by atoms with Gasteiger partial charge in [0.05, 0.1) is 11.1 Å². The third-order valence-electron chi connectivity index (χ3n) is 1.55. The van der Waals surface area contributed by atoms with Gasteiger partial charge in [-0.2, -0.15) is 4.98 Å². The second-order valence-electron chi connectivity index (χ2n) is 2.41. The number of nitrogens with zero attached hydrogens (tertiary/aromatic N) is 2. The average molecular weight is 179 g/mol. The van der Waals surface area contributed by atoms with E-state index >= 15 is 0 Å². The first-order valence-electron chi connectivity index (χ1n) is 3.41. The number of nitrogen functional groups attached to an aromatic ring is 1. The zero-order chi connectivity index (χ0) is 9.42. The highest BCUT2D eigenvalue weighted by Crippen LogP contribution is 2.19. The van der Waals surface area contributed by atoms with E-state index in [4.69, 9.17) is 15.3 Å². The molecule has 2 aromatic rings. The van der Waals surface area contributed by atoms with Crippen LogP contribution in [0.1, 0.15) is 10.6 Å². The van der Waals surface area contributed by atoms with Crippen LogP contribution in [-0.4, -0.2) is 21.0 Å². The van der Waals surface area contributed by atoms with Gasteiger partial charge in [-0.1, -0.05) is 0 Å². The van der Waals surface area contributed by atoms with Gasteiger partial charge in [-0.3, -0.25) is 0 Å². The van der Waals surface area contributed by atoms with Crippen LogP contribution in [0.15, 0.2) is 16.9 Å². The quantitative estimate of drug-likeness (QED) is 0.660. The molecular weight excluding hydrogens is 174 g/mol. The van der Waals surface area contributed by atoms with E-state index in [-0.39, 0.29) is 11.5 Å². The molecular formula is C7H5N3O3. The summed E-state index contributed by atoms with van der Waals surface area (Å²) in [5.74, 6) is -1.50. The molecule has 6 nitrogen and oxygen atoms in total. The van der Waals surface area contributed by atoms with Crippen molar-refractivity contribution in [1.82, 2.24) is 9.97 Å². The Kier molecular flexibility index (Phi) is 1.42. The van der Waals surface area contributed by atoms with Crippen molar-refractivity contribution >= 4 is 22.8 Å². The predicted octanol–water partition coefficient (Wildman–Crippen LogP) is 0.503. The van der Waals surface area contributed by atoms with Gasteiger partial charge >= 0.3 is 5.97 Å². The lowest BCUT2D eigenvalue weighted by molar-refractivity contribution is 0.0683. The molecule has 6 heteroatoms. The molecule has 13 heavy (non-hydrogen) atoms. The summed E-state index contributed by atoms with van der Waals surface area (Å²) in [4.78, 5) is 17.7. The van der Waals surface area contributed by atoms with Crippen molar-refractivity contribution in [3.8, 4) is 0 Å². The molecule has 3 N–H and O–H groups in total. The van der Waals surface area contributed by atoms with Gasteiger partial charge in [0.25, 0.3) is 0 Å². The Hall–Kier alpha value is -2.11. The summed E-state index contributed by atoms with van der Waals surface area (Å²) in [5.41, 5.74) is 6.06. The first kappa shape index (κ1) is 7.53. The van der Waals surface area contributed by atoms with Gasteiger partial charge in [-0.05, 0) is 0 Å². The minimum absolute atomic E-state index is 0.185. The number of rotatable bonds is 1. The molecule has 0 aromatic carbocycles. The highest BCUT2D eigenvalue weighted by molar-refractivity contribution is 5.89. The second kappa shape index (κ2) is 2.44. The summed E-state index contributed by atoms with van der Waals surface area (Å²) in [6, 6.07) is 0. The van der Waals surface area contributed by atoms with Crippen LogP contribution in [0, 0.1) is 0 Å². The normalized spacial score (nSPS) is 10.5. The number of carboxylic acid groups (broad SMARTS) is 1. The summed E-state index contributed by atoms with van der Waals surface area (Å²) in [5, 5.41) is 9.07. The van der Waals surface area contributed by atoms with E-state index in [0.717, 1.165) is 0 Å². The van der Waals surface area contributed by atoms with Crippen molar-refractivity contribution in [2.24, 2.45) is 0 Å². The maximum Gasteiger partial charge on any atom is 0.374 e. The van der Waals surface area contributed by atoms with Crippen LogP contribution in [0.4, 0.5) is 5.69 Å². The molecule has 0 aliphatic heterocycles. The Balaban J connectivity index is 2.70. The molecule has 0 atom stereocenters. The van der Waals surface area contributed by atoms with Crippen LogP contribution >= 0.6 is 0 Å². The lowest BCUT2D eigenvalue weighted by Crippen LogP contribution is -2.02. The minimum Gasteiger partial charge on any atom is -0.475 e. The maximum atomic E-state index is 10.5. The van der Waals surface area contributed by atoms with Crippen LogP contribution in [0.2, 0.25) is 0 Å². The van der Waals surface area contributed by atoms with Crippen LogP contribution in [-0.2, 0) is 0 Å². The number of hydrogen-bond donors (Lipinski definition) is 2. The summed E-state index contributed by atoms with van der Waals surface area (Å²) < 4.78 is 4.90. The Morgan fingerprint density at radius 3 is 3.08 bits per heavy atom. The van der Waals surface area contributed by atoms with Crippen molar-refractivity contribution < 1.29 is 14.3 Å². The first-order chi connectivity index (χ1) is 6.18. The topological polar surface area (TPSA) is 102 Å². The molecule has 0 aliphatic rings. The number of furan rings is 1. The molecule has 2 heterocycles. The van der Waals surface area contributed by atoms with Gasteiger partial charge in [0.1, 0.15) is 6.26 Å². The largest absolute Gasteiger partial charge is 0.475 e. The minimum atomic E-state index is -1.20. The lowest BCUT2D eigenvalue weighted by Gasteiger charge is -1.91. The smallest absolute Gasteiger partial charge is 0.374 e. The van der Waals surface area contributed by atoms with E-state index in [9.17, 15) is 4.79 Å². The Morgan fingerprint density at radius 1 is 1.62 bits per heavy atom. The second-order valence-corrected chi connectivity index (χ2v) is 2.41. The fourth-order valence-electron chi connectivity index (χ4n) is 0.940. The molecule has 0 unspecified atom stereocenters. The third kappa shape index (κ3) is 1.08.